The molecule has 0 saturated heterocycles. The first-order valence-corrected chi connectivity index (χ1v) is 8.47. The second-order valence-corrected chi connectivity index (χ2v) is 7.56. The van der Waals surface area contributed by atoms with Crippen molar-refractivity contribution in [2.24, 2.45) is 11.8 Å². The van der Waals surface area contributed by atoms with Crippen molar-refractivity contribution in [2.45, 2.75) is 50.8 Å². The minimum atomic E-state index is -3.57. The van der Waals surface area contributed by atoms with E-state index in [1.807, 2.05) is 0 Å². The van der Waals surface area contributed by atoms with Crippen LogP contribution in [0.15, 0.2) is 23.4 Å². The van der Waals surface area contributed by atoms with Crippen molar-refractivity contribution in [2.75, 3.05) is 0 Å². The molecule has 6 heteroatoms. The first kappa shape index (κ1) is 15.4. The van der Waals surface area contributed by atoms with E-state index in [4.69, 9.17) is 5.11 Å². The van der Waals surface area contributed by atoms with Crippen molar-refractivity contribution in [3.05, 3.63) is 23.9 Å². The van der Waals surface area contributed by atoms with Crippen molar-refractivity contribution in [3.63, 3.8) is 0 Å². The molecule has 0 aliphatic heterocycles. The molecule has 112 valence electrons. The predicted molar refractivity (Wildman–Crippen MR) is 76.4 cm³/mol. The maximum absolute atomic E-state index is 12.3. The van der Waals surface area contributed by atoms with E-state index in [0.29, 0.717) is 17.4 Å². The molecule has 5 nitrogen and oxygen atoms in total. The van der Waals surface area contributed by atoms with Gasteiger partial charge in [0.1, 0.15) is 0 Å². The van der Waals surface area contributed by atoms with E-state index in [1.165, 1.54) is 12.3 Å². The van der Waals surface area contributed by atoms with Crippen LogP contribution >= 0.6 is 0 Å². The normalized spacial score (nSPS) is 27.4. The number of rotatable bonds is 4. The number of pyridine rings is 1. The van der Waals surface area contributed by atoms with Gasteiger partial charge in [0.15, 0.2) is 5.03 Å². The molecule has 2 atom stereocenters. The maximum atomic E-state index is 12.3. The van der Waals surface area contributed by atoms with Crippen LogP contribution in [-0.2, 0) is 16.6 Å². The average molecular weight is 298 g/mol. The van der Waals surface area contributed by atoms with Gasteiger partial charge in [-0.3, -0.25) is 0 Å². The van der Waals surface area contributed by atoms with E-state index in [2.05, 4.69) is 23.6 Å². The molecule has 0 amide bonds. The summed E-state index contributed by atoms with van der Waals surface area (Å²) in [5.41, 5.74) is 0.601. The van der Waals surface area contributed by atoms with Crippen molar-refractivity contribution in [1.82, 2.24) is 9.71 Å². The van der Waals surface area contributed by atoms with Gasteiger partial charge in [-0.15, -0.1) is 0 Å². The van der Waals surface area contributed by atoms with Gasteiger partial charge in [-0.25, -0.2) is 18.1 Å². The zero-order valence-electron chi connectivity index (χ0n) is 11.9. The molecule has 0 radical (unpaired) electrons. The molecule has 1 heterocycles. The van der Waals surface area contributed by atoms with Crippen molar-refractivity contribution in [1.29, 1.82) is 0 Å². The second kappa shape index (κ2) is 6.20. The third-order valence-electron chi connectivity index (χ3n) is 3.76. The topological polar surface area (TPSA) is 79.3 Å². The van der Waals surface area contributed by atoms with Crippen LogP contribution in [-0.4, -0.2) is 24.6 Å². The van der Waals surface area contributed by atoms with Gasteiger partial charge in [0.25, 0.3) is 10.0 Å². The fraction of sp³-hybridized carbons (Fsp3) is 0.643. The van der Waals surface area contributed by atoms with Gasteiger partial charge >= 0.3 is 0 Å². The maximum Gasteiger partial charge on any atom is 0.258 e. The lowest BCUT2D eigenvalue weighted by atomic mass is 9.81. The Morgan fingerprint density at radius 1 is 1.25 bits per heavy atom. The minimum Gasteiger partial charge on any atom is -0.392 e. The van der Waals surface area contributed by atoms with Gasteiger partial charge < -0.3 is 5.11 Å². The van der Waals surface area contributed by atoms with E-state index >= 15 is 0 Å². The fourth-order valence-corrected chi connectivity index (χ4v) is 4.18. The third kappa shape index (κ3) is 3.77. The zero-order chi connectivity index (χ0) is 14.8. The zero-order valence-corrected chi connectivity index (χ0v) is 12.7. The number of sulfonamides is 1. The van der Waals surface area contributed by atoms with Crippen LogP contribution in [0.1, 0.15) is 38.7 Å². The highest BCUT2D eigenvalue weighted by atomic mass is 32.2. The number of aliphatic hydroxyl groups excluding tert-OH is 1. The Kier molecular flexibility index (Phi) is 4.78. The highest BCUT2D eigenvalue weighted by molar-refractivity contribution is 7.89. The Labute approximate surface area is 120 Å². The van der Waals surface area contributed by atoms with E-state index < -0.39 is 10.0 Å². The molecule has 1 saturated carbocycles. The summed E-state index contributed by atoms with van der Waals surface area (Å²) in [4.78, 5) is 3.91. The van der Waals surface area contributed by atoms with Gasteiger partial charge in [0, 0.05) is 12.2 Å². The molecule has 2 N–H and O–H groups in total. The third-order valence-corrected chi connectivity index (χ3v) is 5.19. The van der Waals surface area contributed by atoms with Crippen molar-refractivity contribution >= 4 is 10.0 Å². The quantitative estimate of drug-likeness (QED) is 0.886. The Bertz CT molecular complexity index is 532. The molecule has 1 aromatic rings. The number of aliphatic hydroxyl groups is 1. The van der Waals surface area contributed by atoms with E-state index in [1.54, 1.807) is 6.07 Å². The summed E-state index contributed by atoms with van der Waals surface area (Å²) in [6.07, 6.45) is 4.29. The van der Waals surface area contributed by atoms with Crippen LogP contribution in [0.25, 0.3) is 0 Å². The summed E-state index contributed by atoms with van der Waals surface area (Å²) in [5.74, 6) is 1.08. The molecule has 0 aromatic carbocycles. The van der Waals surface area contributed by atoms with Gasteiger partial charge in [-0.2, -0.15) is 0 Å². The number of nitrogens with one attached hydrogen (secondary N) is 1. The van der Waals surface area contributed by atoms with Gasteiger partial charge in [-0.1, -0.05) is 19.9 Å². The van der Waals surface area contributed by atoms with Gasteiger partial charge in [0.05, 0.1) is 6.61 Å². The van der Waals surface area contributed by atoms with Crippen LogP contribution < -0.4 is 4.72 Å². The molecule has 0 spiro atoms. The van der Waals surface area contributed by atoms with Crippen molar-refractivity contribution in [3.8, 4) is 0 Å². The van der Waals surface area contributed by atoms with Crippen LogP contribution in [0, 0.1) is 11.8 Å². The van der Waals surface area contributed by atoms with E-state index in [9.17, 15) is 8.42 Å². The smallest absolute Gasteiger partial charge is 0.258 e. The first-order chi connectivity index (χ1) is 9.40. The first-order valence-electron chi connectivity index (χ1n) is 6.99. The highest BCUT2D eigenvalue weighted by Crippen LogP contribution is 2.29. The molecule has 1 aliphatic rings. The van der Waals surface area contributed by atoms with Gasteiger partial charge in [0.2, 0.25) is 0 Å². The molecule has 1 aliphatic carbocycles. The Balaban J connectivity index is 2.09. The molecule has 2 unspecified atom stereocenters. The van der Waals surface area contributed by atoms with Gasteiger partial charge in [-0.05, 0) is 42.7 Å². The molecular formula is C14H22N2O3S. The average Bonchev–Trinajstić information content (AvgIpc) is 2.37. The summed E-state index contributed by atoms with van der Waals surface area (Å²) in [7, 11) is -3.57. The molecule has 1 fully saturated rings. The van der Waals surface area contributed by atoms with Crippen LogP contribution in [0.5, 0.6) is 0 Å². The summed E-state index contributed by atoms with van der Waals surface area (Å²) in [6, 6.07) is 3.00. The lowest BCUT2D eigenvalue weighted by Gasteiger charge is -2.31. The second-order valence-electron chi connectivity index (χ2n) is 5.90. The van der Waals surface area contributed by atoms with Crippen LogP contribution in [0.3, 0.4) is 0 Å². The van der Waals surface area contributed by atoms with Crippen LogP contribution in [0.4, 0.5) is 0 Å². The minimum absolute atomic E-state index is 0.0144. The Morgan fingerprint density at radius 2 is 1.90 bits per heavy atom. The van der Waals surface area contributed by atoms with Crippen molar-refractivity contribution < 1.29 is 13.5 Å². The van der Waals surface area contributed by atoms with E-state index in [0.717, 1.165) is 19.3 Å². The van der Waals surface area contributed by atoms with Crippen LogP contribution in [0.2, 0.25) is 0 Å². The monoisotopic (exact) mass is 298 g/mol. The number of nitrogens with zero attached hydrogens (tertiary/aromatic N) is 1. The fourth-order valence-electron chi connectivity index (χ4n) is 2.99. The number of aromatic nitrogens is 1. The molecule has 2 rings (SSSR count). The number of hydrogen-bond acceptors (Lipinski definition) is 4. The predicted octanol–water partition coefficient (Wildman–Crippen LogP) is 1.68. The largest absolute Gasteiger partial charge is 0.392 e. The summed E-state index contributed by atoms with van der Waals surface area (Å²) in [5, 5.41) is 8.96. The summed E-state index contributed by atoms with van der Waals surface area (Å²) in [6.45, 7) is 4.18. The summed E-state index contributed by atoms with van der Waals surface area (Å²) >= 11 is 0. The standard InChI is InChI=1S/C14H22N2O3S/c1-10-5-11(2)7-13(6-10)16-20(18,19)14-4-3-12(9-17)8-15-14/h3-4,8,10-11,13,16-17H,5-7,9H2,1-2H3. The SMILES string of the molecule is CC1CC(C)CC(NS(=O)(=O)c2ccc(CO)cn2)C1. The molecule has 1 aromatic heterocycles. The number of hydrogen-bond donors (Lipinski definition) is 2. The Hall–Kier alpha value is -0.980. The lowest BCUT2D eigenvalue weighted by Crippen LogP contribution is -2.40. The lowest BCUT2D eigenvalue weighted by molar-refractivity contribution is 0.257. The Morgan fingerprint density at radius 3 is 2.40 bits per heavy atom. The molecule has 0 bridgehead atoms. The molecule has 20 heavy (non-hydrogen) atoms. The summed E-state index contributed by atoms with van der Waals surface area (Å²) < 4.78 is 27.3. The molecular weight excluding hydrogens is 276 g/mol. The highest BCUT2D eigenvalue weighted by Gasteiger charge is 2.28. The van der Waals surface area contributed by atoms with E-state index in [-0.39, 0.29) is 17.7 Å².